The molecule has 1 atom stereocenters. The van der Waals surface area contributed by atoms with Gasteiger partial charge in [-0.2, -0.15) is 16.8 Å². The van der Waals surface area contributed by atoms with Gasteiger partial charge in [0.1, 0.15) is 6.10 Å². The van der Waals surface area contributed by atoms with Crippen LogP contribution in [0.25, 0.3) is 0 Å². The lowest BCUT2D eigenvalue weighted by molar-refractivity contribution is -0.318. The second-order valence-corrected chi connectivity index (χ2v) is 4.32. The lowest BCUT2D eigenvalue weighted by Gasteiger charge is -2.31. The molecule has 1 aliphatic rings. The van der Waals surface area contributed by atoms with E-state index in [1.807, 2.05) is 0 Å². The van der Waals surface area contributed by atoms with Crippen LogP contribution >= 0.6 is 0 Å². The molecular weight excluding hydrogens is 260 g/mol. The molecule has 0 radical (unpaired) electrons. The summed E-state index contributed by atoms with van der Waals surface area (Å²) in [6.45, 7) is 1.28. The molecule has 0 aromatic rings. The number of carbonyl (C=O) groups excluding carboxylic acids is 1. The van der Waals surface area contributed by atoms with Crippen LogP contribution in [0.3, 0.4) is 0 Å². The van der Waals surface area contributed by atoms with Crippen LogP contribution in [0.4, 0.5) is 0 Å². The van der Waals surface area contributed by atoms with Crippen LogP contribution in [0.2, 0.25) is 0 Å². The normalized spacial score (nSPS) is 22.5. The van der Waals surface area contributed by atoms with E-state index in [9.17, 15) is 13.2 Å². The Hall–Kier alpha value is -0.780. The van der Waals surface area contributed by atoms with Crippen molar-refractivity contribution in [3.63, 3.8) is 0 Å². The third-order valence-corrected chi connectivity index (χ3v) is 2.44. The Morgan fingerprint density at radius 3 is 2.53 bits per heavy atom. The molecule has 1 heterocycles. The van der Waals surface area contributed by atoms with Gasteiger partial charge in [0.05, 0.1) is 19.8 Å². The van der Waals surface area contributed by atoms with Crippen LogP contribution in [-0.4, -0.2) is 56.5 Å². The Kier molecular flexibility index (Phi) is 4.41. The summed E-state index contributed by atoms with van der Waals surface area (Å²) in [7, 11) is -4.31. The monoisotopic (exact) mass is 272 g/mol. The molecule has 1 saturated heterocycles. The Morgan fingerprint density at radius 2 is 2.06 bits per heavy atom. The standard InChI is InChI=1S/C7H12O9S/c1-5(4-13-3-2-8)14-6(9)7(10)15-17(11,12)16-7/h5,8,10H,2-4H2,1H3. The average Bonchev–Trinajstić information content (AvgIpc) is 2.14. The van der Waals surface area contributed by atoms with Gasteiger partial charge in [0.25, 0.3) is 0 Å². The van der Waals surface area contributed by atoms with Gasteiger partial charge in [0.2, 0.25) is 0 Å². The average molecular weight is 272 g/mol. The third kappa shape index (κ3) is 3.87. The van der Waals surface area contributed by atoms with E-state index in [0.29, 0.717) is 0 Å². The van der Waals surface area contributed by atoms with Crippen molar-refractivity contribution in [2.45, 2.75) is 19.0 Å². The predicted molar refractivity (Wildman–Crippen MR) is 49.5 cm³/mol. The predicted octanol–water partition coefficient (Wildman–Crippen LogP) is -2.14. The number of ether oxygens (including phenoxy) is 2. The van der Waals surface area contributed by atoms with E-state index in [2.05, 4.69) is 13.1 Å². The molecule has 0 amide bonds. The molecule has 10 heteroatoms. The van der Waals surface area contributed by atoms with Gasteiger partial charge in [0.15, 0.2) is 0 Å². The largest absolute Gasteiger partial charge is 0.454 e. The van der Waals surface area contributed by atoms with E-state index in [1.165, 1.54) is 6.92 Å². The van der Waals surface area contributed by atoms with Gasteiger partial charge in [-0.15, -0.1) is 0 Å². The van der Waals surface area contributed by atoms with Crippen LogP contribution in [-0.2, 0) is 33.0 Å². The molecule has 0 aromatic heterocycles. The zero-order valence-corrected chi connectivity index (χ0v) is 9.68. The first kappa shape index (κ1) is 14.3. The van der Waals surface area contributed by atoms with E-state index in [-0.39, 0.29) is 19.8 Å². The maximum absolute atomic E-state index is 11.2. The maximum Gasteiger partial charge on any atom is 0.416 e. The summed E-state index contributed by atoms with van der Waals surface area (Å²) in [5.74, 6) is -4.31. The number of carbonyl (C=O) groups is 1. The number of rotatable bonds is 6. The highest BCUT2D eigenvalue weighted by Gasteiger charge is 2.59. The van der Waals surface area contributed by atoms with Gasteiger partial charge < -0.3 is 19.7 Å². The van der Waals surface area contributed by atoms with E-state index >= 15 is 0 Å². The molecule has 9 nitrogen and oxygen atoms in total. The van der Waals surface area contributed by atoms with Crippen molar-refractivity contribution >= 4 is 16.4 Å². The molecule has 0 spiro atoms. The molecule has 1 unspecified atom stereocenters. The molecule has 0 saturated carbocycles. The molecule has 17 heavy (non-hydrogen) atoms. The fourth-order valence-electron chi connectivity index (χ4n) is 0.956. The van der Waals surface area contributed by atoms with Crippen molar-refractivity contribution in [3.05, 3.63) is 0 Å². The highest BCUT2D eigenvalue weighted by atomic mass is 32.3. The van der Waals surface area contributed by atoms with Gasteiger partial charge in [0, 0.05) is 0 Å². The second-order valence-electron chi connectivity index (χ2n) is 3.17. The van der Waals surface area contributed by atoms with Gasteiger partial charge >= 0.3 is 22.3 Å². The molecule has 0 aromatic carbocycles. The zero-order chi connectivity index (χ0) is 13.1. The van der Waals surface area contributed by atoms with Crippen molar-refractivity contribution in [1.82, 2.24) is 0 Å². The minimum atomic E-state index is -4.31. The minimum Gasteiger partial charge on any atom is -0.454 e. The Morgan fingerprint density at radius 1 is 1.47 bits per heavy atom. The number of aliphatic hydroxyl groups excluding tert-OH is 1. The van der Waals surface area contributed by atoms with Crippen molar-refractivity contribution in [2.75, 3.05) is 19.8 Å². The summed E-state index contributed by atoms with van der Waals surface area (Å²) in [4.78, 5) is 11.2. The molecule has 2 N–H and O–H groups in total. The summed E-state index contributed by atoms with van der Waals surface area (Å²) in [6, 6.07) is 0. The van der Waals surface area contributed by atoms with Crippen LogP contribution in [0, 0.1) is 0 Å². The van der Waals surface area contributed by atoms with Crippen molar-refractivity contribution < 1.29 is 41.3 Å². The van der Waals surface area contributed by atoms with Gasteiger partial charge in [-0.05, 0) is 6.92 Å². The van der Waals surface area contributed by atoms with Crippen LogP contribution in [0.5, 0.6) is 0 Å². The second kappa shape index (κ2) is 5.25. The highest BCUT2D eigenvalue weighted by Crippen LogP contribution is 2.29. The molecular formula is C7H12O9S. The molecule has 1 rings (SSSR count). The minimum absolute atomic E-state index is 0.0326. The van der Waals surface area contributed by atoms with E-state index < -0.39 is 28.4 Å². The van der Waals surface area contributed by atoms with Crippen LogP contribution < -0.4 is 0 Å². The topological polar surface area (TPSA) is 129 Å². The quantitative estimate of drug-likeness (QED) is 0.411. The number of hydrogen-bond donors (Lipinski definition) is 2. The van der Waals surface area contributed by atoms with E-state index in [0.717, 1.165) is 0 Å². The highest BCUT2D eigenvalue weighted by molar-refractivity contribution is 7.82. The fourth-order valence-corrected chi connectivity index (χ4v) is 1.66. The molecule has 1 fully saturated rings. The van der Waals surface area contributed by atoms with E-state index in [1.54, 1.807) is 0 Å². The summed E-state index contributed by atoms with van der Waals surface area (Å²) in [5.41, 5.74) is 0. The summed E-state index contributed by atoms with van der Waals surface area (Å²) < 4.78 is 38.0. The summed E-state index contributed by atoms with van der Waals surface area (Å²) in [6.07, 6.45) is -0.770. The molecule has 100 valence electrons. The van der Waals surface area contributed by atoms with Gasteiger partial charge in [-0.25, -0.2) is 4.79 Å². The molecule has 0 bridgehead atoms. The Bertz CT molecular complexity index is 363. The first-order valence-electron chi connectivity index (χ1n) is 4.57. The summed E-state index contributed by atoms with van der Waals surface area (Å²) >= 11 is 0. The van der Waals surface area contributed by atoms with Crippen molar-refractivity contribution in [1.29, 1.82) is 0 Å². The number of esters is 1. The van der Waals surface area contributed by atoms with Crippen LogP contribution in [0.1, 0.15) is 6.92 Å². The number of aliphatic hydroxyl groups is 2. The first-order chi connectivity index (χ1) is 7.79. The van der Waals surface area contributed by atoms with Crippen LogP contribution in [0.15, 0.2) is 0 Å². The van der Waals surface area contributed by atoms with Gasteiger partial charge in [-0.1, -0.05) is 0 Å². The third-order valence-electron chi connectivity index (χ3n) is 1.58. The first-order valence-corrected chi connectivity index (χ1v) is 5.90. The maximum atomic E-state index is 11.2. The SMILES string of the molecule is CC(COCCO)OC(=O)C1(O)OS(=O)(=O)O1. The van der Waals surface area contributed by atoms with E-state index in [4.69, 9.17) is 14.9 Å². The molecule has 1 aliphatic heterocycles. The smallest absolute Gasteiger partial charge is 0.416 e. The lowest BCUT2D eigenvalue weighted by Crippen LogP contribution is -2.57. The number of hydrogen-bond acceptors (Lipinski definition) is 9. The molecule has 0 aliphatic carbocycles. The summed E-state index contributed by atoms with van der Waals surface area (Å²) in [5, 5.41) is 17.6. The van der Waals surface area contributed by atoms with Crippen molar-refractivity contribution in [2.24, 2.45) is 0 Å². The van der Waals surface area contributed by atoms with Crippen molar-refractivity contribution in [3.8, 4) is 0 Å². The lowest BCUT2D eigenvalue weighted by atomic mass is 10.4. The zero-order valence-electron chi connectivity index (χ0n) is 8.86. The van der Waals surface area contributed by atoms with Gasteiger partial charge in [-0.3, -0.25) is 0 Å². The Balaban J connectivity index is 2.35. The Labute approximate surface area is 97.2 Å². The fraction of sp³-hybridized carbons (Fsp3) is 0.857.